The number of hydrogen-bond acceptors (Lipinski definition) is 3. The van der Waals surface area contributed by atoms with Crippen molar-refractivity contribution >= 4 is 22.7 Å². The van der Waals surface area contributed by atoms with Crippen LogP contribution in [0.15, 0.2) is 24.3 Å². The third kappa shape index (κ3) is 1.85. The van der Waals surface area contributed by atoms with Crippen molar-refractivity contribution in [2.75, 3.05) is 18.0 Å². The molecule has 2 aromatic heterocycles. The molecule has 0 amide bonds. The third-order valence-corrected chi connectivity index (χ3v) is 5.80. The van der Waals surface area contributed by atoms with Gasteiger partial charge in [-0.2, -0.15) is 5.10 Å². The van der Waals surface area contributed by atoms with Gasteiger partial charge in [-0.3, -0.25) is 4.68 Å². The van der Waals surface area contributed by atoms with E-state index >= 15 is 0 Å². The Bertz CT molecular complexity index is 1020. The Kier molecular flexibility index (Phi) is 2.84. The molecule has 25 heavy (non-hydrogen) atoms. The molecule has 128 valence electrons. The molecule has 3 aliphatic heterocycles. The van der Waals surface area contributed by atoms with Crippen LogP contribution in [0.3, 0.4) is 0 Å². The van der Waals surface area contributed by atoms with Gasteiger partial charge in [0.2, 0.25) is 0 Å². The number of hydrogen-bond donors (Lipinski definition) is 1. The van der Waals surface area contributed by atoms with Gasteiger partial charge in [-0.1, -0.05) is 18.2 Å². The number of benzene rings is 1. The van der Waals surface area contributed by atoms with Crippen LogP contribution in [0, 0.1) is 0 Å². The second kappa shape index (κ2) is 4.88. The summed E-state index contributed by atoms with van der Waals surface area (Å²) < 4.78 is 3.96. The lowest BCUT2D eigenvalue weighted by molar-refractivity contribution is 0.0689. The van der Waals surface area contributed by atoms with Gasteiger partial charge in [-0.05, 0) is 24.8 Å². The van der Waals surface area contributed by atoms with Crippen LogP contribution >= 0.6 is 0 Å². The van der Waals surface area contributed by atoms with Crippen LogP contribution in [-0.4, -0.2) is 38.5 Å². The molecule has 1 fully saturated rings. The Morgan fingerprint density at radius 1 is 1.24 bits per heavy atom. The van der Waals surface area contributed by atoms with Gasteiger partial charge in [0.15, 0.2) is 5.69 Å². The molecule has 0 atom stereocenters. The van der Waals surface area contributed by atoms with E-state index in [4.69, 9.17) is 0 Å². The second-order valence-corrected chi connectivity index (χ2v) is 7.10. The van der Waals surface area contributed by atoms with E-state index in [1.54, 1.807) is 17.8 Å². The second-order valence-electron chi connectivity index (χ2n) is 7.10. The molecule has 1 N–H and O–H groups in total. The van der Waals surface area contributed by atoms with E-state index in [0.29, 0.717) is 5.92 Å². The Balaban J connectivity index is 1.82. The van der Waals surface area contributed by atoms with Crippen molar-refractivity contribution in [2.45, 2.75) is 18.8 Å². The van der Waals surface area contributed by atoms with Crippen molar-refractivity contribution in [3.05, 3.63) is 35.5 Å². The van der Waals surface area contributed by atoms with Crippen LogP contribution in [0.25, 0.3) is 22.2 Å². The summed E-state index contributed by atoms with van der Waals surface area (Å²) in [5, 5.41) is 14.7. The summed E-state index contributed by atoms with van der Waals surface area (Å²) in [6, 6.07) is 8.00. The fourth-order valence-corrected chi connectivity index (χ4v) is 4.72. The van der Waals surface area contributed by atoms with Gasteiger partial charge in [0, 0.05) is 43.7 Å². The lowest BCUT2D eigenvalue weighted by Crippen LogP contribution is -2.39. The van der Waals surface area contributed by atoms with Gasteiger partial charge >= 0.3 is 5.97 Å². The first-order valence-electron chi connectivity index (χ1n) is 8.70. The molecule has 0 unspecified atom stereocenters. The average molecular weight is 336 g/mol. The summed E-state index contributed by atoms with van der Waals surface area (Å²) in [6.07, 6.45) is 2.45. The largest absolute Gasteiger partial charge is 0.476 e. The highest BCUT2D eigenvalue weighted by atomic mass is 16.4. The van der Waals surface area contributed by atoms with Gasteiger partial charge in [-0.25, -0.2) is 4.79 Å². The van der Waals surface area contributed by atoms with Crippen LogP contribution < -0.4 is 4.90 Å². The van der Waals surface area contributed by atoms with Gasteiger partial charge in [0.25, 0.3) is 0 Å². The van der Waals surface area contributed by atoms with Gasteiger partial charge in [0.1, 0.15) is 5.82 Å². The van der Waals surface area contributed by atoms with E-state index in [9.17, 15) is 9.90 Å². The highest BCUT2D eigenvalue weighted by Crippen LogP contribution is 2.48. The number of nitrogens with zero attached hydrogens (tertiary/aromatic N) is 4. The molecule has 1 aromatic carbocycles. The fraction of sp³-hybridized carbons (Fsp3) is 0.368. The van der Waals surface area contributed by atoms with Crippen LogP contribution in [0.5, 0.6) is 0 Å². The first-order valence-corrected chi connectivity index (χ1v) is 8.70. The maximum Gasteiger partial charge on any atom is 0.356 e. The number of aromatic carboxylic acids is 1. The van der Waals surface area contributed by atoms with Crippen LogP contribution in [0.1, 0.15) is 34.8 Å². The molecule has 5 heterocycles. The number of carboxylic acid groups (broad SMARTS) is 1. The summed E-state index contributed by atoms with van der Waals surface area (Å²) in [6.45, 7) is 2.26. The molecule has 0 aliphatic carbocycles. The van der Waals surface area contributed by atoms with Crippen molar-refractivity contribution in [3.63, 3.8) is 0 Å². The van der Waals surface area contributed by atoms with Crippen LogP contribution in [0.2, 0.25) is 0 Å². The first kappa shape index (κ1) is 14.6. The Labute approximate surface area is 145 Å². The van der Waals surface area contributed by atoms with E-state index in [1.165, 1.54) is 35.1 Å². The summed E-state index contributed by atoms with van der Waals surface area (Å²) >= 11 is 0. The maximum absolute atomic E-state index is 11.3. The zero-order chi connectivity index (χ0) is 17.3. The maximum atomic E-state index is 11.3. The molecular weight excluding hydrogens is 316 g/mol. The lowest BCUT2D eigenvalue weighted by atomic mass is 9.84. The molecule has 0 spiro atoms. The number of anilines is 1. The number of fused-ring (bicyclic) bond motifs is 3. The van der Waals surface area contributed by atoms with E-state index in [-0.39, 0.29) is 5.69 Å². The van der Waals surface area contributed by atoms with Crippen molar-refractivity contribution in [1.82, 2.24) is 14.3 Å². The number of carbonyl (C=O) groups is 1. The monoisotopic (exact) mass is 336 g/mol. The van der Waals surface area contributed by atoms with Crippen LogP contribution in [-0.2, 0) is 14.1 Å². The Morgan fingerprint density at radius 2 is 2.00 bits per heavy atom. The third-order valence-electron chi connectivity index (χ3n) is 5.80. The fourth-order valence-electron chi connectivity index (χ4n) is 4.72. The molecule has 0 saturated carbocycles. The first-order chi connectivity index (χ1) is 12.1. The topological polar surface area (TPSA) is 63.3 Å². The molecule has 2 bridgehead atoms. The van der Waals surface area contributed by atoms with Gasteiger partial charge in [0.05, 0.1) is 11.2 Å². The SMILES string of the molecule is Cn1nc(C(=O)O)cc1-c1cccc2c3c(n(C)c12)N1CCC3CC1. The Hall–Kier alpha value is -2.76. The molecule has 6 rings (SSSR count). The van der Waals surface area contributed by atoms with Gasteiger partial charge in [-0.15, -0.1) is 0 Å². The van der Waals surface area contributed by atoms with E-state index in [1.807, 2.05) is 0 Å². The standard InChI is InChI=1S/C19H20N4O2/c1-21-17-12(15-10-14(19(24)25)20-22(15)2)4-3-5-13(17)16-11-6-8-23(9-7-11)18(16)21/h3-5,10-11H,6-9H2,1-2H3,(H,24,25). The minimum atomic E-state index is -0.996. The zero-order valence-electron chi connectivity index (χ0n) is 14.4. The number of aryl methyl sites for hydroxylation is 2. The molecule has 3 aromatic rings. The van der Waals surface area contributed by atoms with E-state index in [2.05, 4.69) is 39.8 Å². The van der Waals surface area contributed by atoms with Crippen LogP contribution in [0.4, 0.5) is 5.82 Å². The summed E-state index contributed by atoms with van der Waals surface area (Å²) in [4.78, 5) is 13.8. The molecule has 6 heteroatoms. The van der Waals surface area contributed by atoms with Crippen molar-refractivity contribution in [1.29, 1.82) is 0 Å². The summed E-state index contributed by atoms with van der Waals surface area (Å²) in [7, 11) is 3.93. The van der Waals surface area contributed by atoms with Gasteiger partial charge < -0.3 is 14.6 Å². The predicted octanol–water partition coefficient (Wildman–Crippen LogP) is 2.97. The molecular formula is C19H20N4O2. The number of piperidine rings is 1. The normalized spacial score (nSPS) is 16.6. The number of para-hydroxylation sites is 1. The molecule has 1 saturated heterocycles. The quantitative estimate of drug-likeness (QED) is 0.781. The number of rotatable bonds is 2. The van der Waals surface area contributed by atoms with Crippen molar-refractivity contribution in [2.24, 2.45) is 14.1 Å². The summed E-state index contributed by atoms with van der Waals surface area (Å²) in [5.41, 5.74) is 4.60. The molecule has 0 radical (unpaired) electrons. The number of carboxylic acids is 1. The van der Waals surface area contributed by atoms with Crippen molar-refractivity contribution < 1.29 is 9.90 Å². The van der Waals surface area contributed by atoms with Crippen molar-refractivity contribution in [3.8, 4) is 11.3 Å². The minimum absolute atomic E-state index is 0.0808. The van der Waals surface area contributed by atoms with E-state index < -0.39 is 5.97 Å². The Morgan fingerprint density at radius 3 is 2.68 bits per heavy atom. The predicted molar refractivity (Wildman–Crippen MR) is 96.3 cm³/mol. The molecule has 6 nitrogen and oxygen atoms in total. The number of aromatic nitrogens is 3. The minimum Gasteiger partial charge on any atom is -0.476 e. The summed E-state index contributed by atoms with van der Waals surface area (Å²) in [5.74, 6) is 0.981. The highest BCUT2D eigenvalue weighted by molar-refractivity contribution is 6.01. The van der Waals surface area contributed by atoms with E-state index in [0.717, 1.165) is 24.3 Å². The average Bonchev–Trinajstić information content (AvgIpc) is 3.16. The lowest BCUT2D eigenvalue weighted by Gasteiger charge is -2.41. The molecule has 3 aliphatic rings. The zero-order valence-corrected chi connectivity index (χ0v) is 14.4. The highest BCUT2D eigenvalue weighted by Gasteiger charge is 2.36. The smallest absolute Gasteiger partial charge is 0.356 e.